The highest BCUT2D eigenvalue weighted by Gasteiger charge is 2.17. The van der Waals surface area contributed by atoms with E-state index in [1.54, 1.807) is 0 Å². The number of amides is 1. The number of carbonyl (C=O) groups is 1. The first-order chi connectivity index (χ1) is 16.4. The van der Waals surface area contributed by atoms with Gasteiger partial charge in [0.05, 0.1) is 5.75 Å². The minimum absolute atomic E-state index is 0.0740. The van der Waals surface area contributed by atoms with Gasteiger partial charge >= 0.3 is 0 Å². The van der Waals surface area contributed by atoms with Gasteiger partial charge in [-0.25, -0.2) is 0 Å². The predicted octanol–water partition coefficient (Wildman–Crippen LogP) is 6.66. The number of aromatic nitrogens is 3. The fourth-order valence-electron chi connectivity index (χ4n) is 3.79. The highest BCUT2D eigenvalue weighted by Crippen LogP contribution is 2.29. The van der Waals surface area contributed by atoms with Crippen LogP contribution in [0.3, 0.4) is 0 Å². The molecule has 0 saturated heterocycles. The number of hydrogen-bond donors (Lipinski definition) is 1. The summed E-state index contributed by atoms with van der Waals surface area (Å²) in [6, 6.07) is 26.4. The van der Waals surface area contributed by atoms with Gasteiger partial charge in [-0.15, -0.1) is 10.2 Å². The molecule has 0 aliphatic rings. The number of anilines is 1. The third kappa shape index (κ3) is 5.39. The molecule has 0 saturated carbocycles. The van der Waals surface area contributed by atoms with Crippen molar-refractivity contribution >= 4 is 23.4 Å². The summed E-state index contributed by atoms with van der Waals surface area (Å²) >= 11 is 1.40. The molecule has 1 heterocycles. The van der Waals surface area contributed by atoms with Gasteiger partial charge in [0.25, 0.3) is 0 Å². The van der Waals surface area contributed by atoms with Crippen LogP contribution in [0.1, 0.15) is 33.3 Å². The maximum atomic E-state index is 12.8. The Bertz CT molecular complexity index is 1260. The molecule has 0 bridgehead atoms. The summed E-state index contributed by atoms with van der Waals surface area (Å²) in [5.74, 6) is 1.000. The Morgan fingerprint density at radius 1 is 0.882 bits per heavy atom. The molecule has 0 aliphatic carbocycles. The van der Waals surface area contributed by atoms with E-state index in [-0.39, 0.29) is 17.1 Å². The van der Waals surface area contributed by atoms with Crippen molar-refractivity contribution in [1.29, 1.82) is 0 Å². The summed E-state index contributed by atoms with van der Waals surface area (Å²) in [5, 5.41) is 12.6. The summed E-state index contributed by atoms with van der Waals surface area (Å²) in [5.41, 5.74) is 5.27. The Balaban J connectivity index is 1.46. The van der Waals surface area contributed by atoms with Gasteiger partial charge in [-0.3, -0.25) is 4.79 Å². The number of nitrogens with one attached hydrogen (secondary N) is 1. The molecule has 3 aromatic carbocycles. The minimum atomic E-state index is -0.0740. The van der Waals surface area contributed by atoms with E-state index in [9.17, 15) is 4.79 Å². The molecule has 0 radical (unpaired) electrons. The van der Waals surface area contributed by atoms with Crippen LogP contribution in [0.2, 0.25) is 0 Å². The van der Waals surface area contributed by atoms with E-state index in [1.807, 2.05) is 54.6 Å². The Hall–Kier alpha value is -3.38. The van der Waals surface area contributed by atoms with Crippen molar-refractivity contribution in [2.45, 2.75) is 44.8 Å². The average Bonchev–Trinajstić information content (AvgIpc) is 3.26. The quantitative estimate of drug-likeness (QED) is 0.307. The van der Waals surface area contributed by atoms with Crippen LogP contribution in [0.25, 0.3) is 22.5 Å². The van der Waals surface area contributed by atoms with Crippen molar-refractivity contribution in [3.63, 3.8) is 0 Å². The molecule has 4 aromatic rings. The number of nitrogens with zero attached hydrogens (tertiary/aromatic N) is 3. The van der Waals surface area contributed by atoms with Crippen molar-refractivity contribution in [1.82, 2.24) is 14.8 Å². The van der Waals surface area contributed by atoms with E-state index in [0.29, 0.717) is 0 Å². The third-order valence-corrected chi connectivity index (χ3v) is 6.63. The Labute approximate surface area is 205 Å². The van der Waals surface area contributed by atoms with Gasteiger partial charge in [-0.1, -0.05) is 105 Å². The highest BCUT2D eigenvalue weighted by molar-refractivity contribution is 7.99. The van der Waals surface area contributed by atoms with Gasteiger partial charge in [0, 0.05) is 23.4 Å². The summed E-state index contributed by atoms with van der Waals surface area (Å²) in [6.07, 6.45) is 0. The molecule has 1 aromatic heterocycles. The molecule has 6 heteroatoms. The van der Waals surface area contributed by atoms with E-state index < -0.39 is 0 Å². The molecule has 5 nitrogen and oxygen atoms in total. The van der Waals surface area contributed by atoms with Gasteiger partial charge in [0.2, 0.25) is 5.91 Å². The Morgan fingerprint density at radius 3 is 2.24 bits per heavy atom. The standard InChI is InChI=1S/C28H30N4OS/c1-5-32-26(21-15-17-22(18-16-21)28(2,3)4)30-31-27(32)34-19-25(33)29-24-14-10-9-13-23(24)20-11-7-6-8-12-20/h6-18H,5,19H2,1-4H3,(H,29,33). The van der Waals surface area contributed by atoms with Crippen LogP contribution in [0, 0.1) is 0 Å². The summed E-state index contributed by atoms with van der Waals surface area (Å²) in [7, 11) is 0. The van der Waals surface area contributed by atoms with Crippen LogP contribution >= 0.6 is 11.8 Å². The predicted molar refractivity (Wildman–Crippen MR) is 141 cm³/mol. The van der Waals surface area contributed by atoms with Gasteiger partial charge in [-0.2, -0.15) is 0 Å². The van der Waals surface area contributed by atoms with Crippen molar-refractivity contribution in [2.24, 2.45) is 0 Å². The van der Waals surface area contributed by atoms with Crippen LogP contribution < -0.4 is 5.32 Å². The van der Waals surface area contributed by atoms with E-state index in [4.69, 9.17) is 0 Å². The summed E-state index contributed by atoms with van der Waals surface area (Å²) in [6.45, 7) is 9.40. The highest BCUT2D eigenvalue weighted by atomic mass is 32.2. The number of carbonyl (C=O) groups excluding carboxylic acids is 1. The molecule has 1 N–H and O–H groups in total. The zero-order chi connectivity index (χ0) is 24.1. The molecule has 1 amide bonds. The molecular formula is C28H30N4OS. The summed E-state index contributed by atoms with van der Waals surface area (Å²) < 4.78 is 2.06. The maximum absolute atomic E-state index is 12.8. The molecule has 174 valence electrons. The Kier molecular flexibility index (Phi) is 7.17. The lowest BCUT2D eigenvalue weighted by Crippen LogP contribution is -2.15. The zero-order valence-corrected chi connectivity index (χ0v) is 20.9. The van der Waals surface area contributed by atoms with Crippen molar-refractivity contribution in [3.05, 3.63) is 84.4 Å². The number of hydrogen-bond acceptors (Lipinski definition) is 4. The van der Waals surface area contributed by atoms with Gasteiger partial charge < -0.3 is 9.88 Å². The molecule has 4 rings (SSSR count). The molecule has 0 spiro atoms. The van der Waals surface area contributed by atoms with Crippen molar-refractivity contribution in [3.8, 4) is 22.5 Å². The SMILES string of the molecule is CCn1c(SCC(=O)Nc2ccccc2-c2ccccc2)nnc1-c1ccc(C(C)(C)C)cc1. The molecule has 0 aliphatic heterocycles. The van der Waals surface area contributed by atoms with Gasteiger partial charge in [0.15, 0.2) is 11.0 Å². The van der Waals surface area contributed by atoms with E-state index in [0.717, 1.165) is 39.9 Å². The first kappa shape index (κ1) is 23.8. The third-order valence-electron chi connectivity index (χ3n) is 5.66. The van der Waals surface area contributed by atoms with Gasteiger partial charge in [-0.05, 0) is 29.5 Å². The first-order valence-electron chi connectivity index (χ1n) is 11.5. The van der Waals surface area contributed by atoms with Crippen molar-refractivity contribution < 1.29 is 4.79 Å². The lowest BCUT2D eigenvalue weighted by atomic mass is 9.87. The van der Waals surface area contributed by atoms with E-state index in [2.05, 4.69) is 72.0 Å². The normalized spacial score (nSPS) is 11.4. The van der Waals surface area contributed by atoms with E-state index in [1.165, 1.54) is 17.3 Å². The lowest BCUT2D eigenvalue weighted by molar-refractivity contribution is -0.113. The maximum Gasteiger partial charge on any atom is 0.234 e. The molecule has 0 fully saturated rings. The molecule has 34 heavy (non-hydrogen) atoms. The minimum Gasteiger partial charge on any atom is -0.325 e. The van der Waals surface area contributed by atoms with Gasteiger partial charge in [0.1, 0.15) is 0 Å². The zero-order valence-electron chi connectivity index (χ0n) is 20.1. The smallest absolute Gasteiger partial charge is 0.234 e. The monoisotopic (exact) mass is 470 g/mol. The second kappa shape index (κ2) is 10.3. The van der Waals surface area contributed by atoms with Crippen molar-refractivity contribution in [2.75, 3.05) is 11.1 Å². The molecule has 0 unspecified atom stereocenters. The van der Waals surface area contributed by atoms with E-state index >= 15 is 0 Å². The van der Waals surface area contributed by atoms with Crippen LogP contribution in [0.4, 0.5) is 5.69 Å². The lowest BCUT2D eigenvalue weighted by Gasteiger charge is -2.19. The average molecular weight is 471 g/mol. The second-order valence-electron chi connectivity index (χ2n) is 9.13. The molecule has 0 atom stereocenters. The Morgan fingerprint density at radius 2 is 1.56 bits per heavy atom. The fraction of sp³-hybridized carbons (Fsp3) is 0.250. The number of thioether (sulfide) groups is 1. The van der Waals surface area contributed by atoms with Crippen LogP contribution in [0.5, 0.6) is 0 Å². The number of rotatable bonds is 7. The largest absolute Gasteiger partial charge is 0.325 e. The first-order valence-corrected chi connectivity index (χ1v) is 12.5. The number of para-hydroxylation sites is 1. The van der Waals surface area contributed by atoms with Crippen LogP contribution in [-0.4, -0.2) is 26.4 Å². The van der Waals surface area contributed by atoms with Crippen LogP contribution in [-0.2, 0) is 16.8 Å². The van der Waals surface area contributed by atoms with Crippen LogP contribution in [0.15, 0.2) is 84.0 Å². The number of benzene rings is 3. The molecular weight excluding hydrogens is 440 g/mol. The fourth-order valence-corrected chi connectivity index (χ4v) is 4.59. The topological polar surface area (TPSA) is 59.8 Å². The second-order valence-corrected chi connectivity index (χ2v) is 10.1. The summed E-state index contributed by atoms with van der Waals surface area (Å²) in [4.78, 5) is 12.8.